The average molecular weight is 256 g/mol. The van der Waals surface area contributed by atoms with Crippen molar-refractivity contribution in [2.45, 2.75) is 52.1 Å². The molecule has 1 rings (SSSR count). The van der Waals surface area contributed by atoms with Crippen LogP contribution in [0.2, 0.25) is 0 Å². The number of amides is 2. The van der Waals surface area contributed by atoms with Crippen molar-refractivity contribution in [1.82, 2.24) is 0 Å². The van der Waals surface area contributed by atoms with E-state index in [1.165, 1.54) is 6.42 Å². The Morgan fingerprint density at radius 2 is 1.72 bits per heavy atom. The Balaban J connectivity index is 2.23. The van der Waals surface area contributed by atoms with Crippen molar-refractivity contribution in [3.8, 4) is 0 Å². The topological polar surface area (TPSA) is 77.3 Å². The highest BCUT2D eigenvalue weighted by Crippen LogP contribution is 2.20. The summed E-state index contributed by atoms with van der Waals surface area (Å²) in [6.45, 7) is 4.07. The van der Waals surface area contributed by atoms with Crippen LogP contribution in [-0.4, -0.2) is 24.9 Å². The van der Waals surface area contributed by atoms with E-state index in [1.54, 1.807) is 0 Å². The summed E-state index contributed by atoms with van der Waals surface area (Å²) in [5.74, 6) is 0.221. The van der Waals surface area contributed by atoms with E-state index in [-0.39, 0.29) is 18.6 Å². The van der Waals surface area contributed by atoms with Crippen LogP contribution < -0.4 is 0 Å². The van der Waals surface area contributed by atoms with Crippen LogP contribution in [0.15, 0.2) is 10.2 Å². The molecule has 1 saturated carbocycles. The monoisotopic (exact) mass is 256 g/mol. The largest absolute Gasteiger partial charge is 0.452 e. The molecule has 0 aromatic carbocycles. The molecule has 102 valence electrons. The van der Waals surface area contributed by atoms with E-state index in [0.29, 0.717) is 0 Å². The van der Waals surface area contributed by atoms with Gasteiger partial charge in [0, 0.05) is 0 Å². The van der Waals surface area contributed by atoms with Gasteiger partial charge >= 0.3 is 12.2 Å². The summed E-state index contributed by atoms with van der Waals surface area (Å²) < 4.78 is 9.80. The number of ether oxygens (including phenoxy) is 2. The molecule has 0 saturated heterocycles. The van der Waals surface area contributed by atoms with Crippen LogP contribution in [0, 0.1) is 5.92 Å². The van der Waals surface area contributed by atoms with E-state index < -0.39 is 12.2 Å². The van der Waals surface area contributed by atoms with Gasteiger partial charge in [-0.2, -0.15) is 0 Å². The molecule has 0 radical (unpaired) electrons. The van der Waals surface area contributed by atoms with Gasteiger partial charge in [0.25, 0.3) is 0 Å². The fourth-order valence-corrected chi connectivity index (χ4v) is 1.70. The van der Waals surface area contributed by atoms with Gasteiger partial charge in [-0.05, 0) is 31.6 Å². The summed E-state index contributed by atoms with van der Waals surface area (Å²) in [6, 6.07) is 0. The number of hydrogen-bond donors (Lipinski definition) is 0. The molecule has 6 nitrogen and oxygen atoms in total. The highest BCUT2D eigenvalue weighted by molar-refractivity contribution is 5.73. The first-order valence-corrected chi connectivity index (χ1v) is 6.37. The van der Waals surface area contributed by atoms with Crippen molar-refractivity contribution >= 4 is 12.2 Å². The lowest BCUT2D eigenvalue weighted by Gasteiger charge is -2.20. The maximum atomic E-state index is 11.3. The minimum atomic E-state index is -0.857. The smallest absolute Gasteiger partial charge is 0.447 e. The van der Waals surface area contributed by atoms with Gasteiger partial charge in [-0.15, -0.1) is 0 Å². The number of carbonyl (C=O) groups is 2. The van der Waals surface area contributed by atoms with Gasteiger partial charge < -0.3 is 9.47 Å². The maximum absolute atomic E-state index is 11.3. The molecule has 1 fully saturated rings. The van der Waals surface area contributed by atoms with Crippen LogP contribution in [0.4, 0.5) is 9.59 Å². The SMILES string of the molecule is CC(C)COC(=O)N=NC(=O)OC1CCCCC1. The summed E-state index contributed by atoms with van der Waals surface area (Å²) in [6.07, 6.45) is 3.26. The van der Waals surface area contributed by atoms with E-state index >= 15 is 0 Å². The van der Waals surface area contributed by atoms with Crippen LogP contribution in [0.25, 0.3) is 0 Å². The molecule has 0 bridgehead atoms. The molecular weight excluding hydrogens is 236 g/mol. The number of rotatable bonds is 3. The van der Waals surface area contributed by atoms with Crippen molar-refractivity contribution in [2.75, 3.05) is 6.61 Å². The van der Waals surface area contributed by atoms with Crippen LogP contribution in [0.5, 0.6) is 0 Å². The van der Waals surface area contributed by atoms with Gasteiger partial charge in [0.1, 0.15) is 6.10 Å². The molecule has 0 heterocycles. The number of nitrogens with zero attached hydrogens (tertiary/aromatic N) is 2. The normalized spacial score (nSPS) is 17.1. The van der Waals surface area contributed by atoms with Crippen LogP contribution in [0.1, 0.15) is 46.0 Å². The standard InChI is InChI=1S/C12H20N2O4/c1-9(2)8-17-11(15)13-14-12(16)18-10-6-4-3-5-7-10/h9-10H,3-8H2,1-2H3. The van der Waals surface area contributed by atoms with E-state index in [4.69, 9.17) is 9.47 Å². The summed E-state index contributed by atoms with van der Waals surface area (Å²) in [5, 5.41) is 6.34. The maximum Gasteiger partial charge on any atom is 0.452 e. The van der Waals surface area contributed by atoms with Gasteiger partial charge in [-0.1, -0.05) is 30.5 Å². The van der Waals surface area contributed by atoms with Gasteiger partial charge in [-0.25, -0.2) is 9.59 Å². The van der Waals surface area contributed by atoms with Gasteiger partial charge in [0.15, 0.2) is 0 Å². The van der Waals surface area contributed by atoms with Crippen molar-refractivity contribution in [2.24, 2.45) is 16.1 Å². The Bertz CT molecular complexity index is 309. The van der Waals surface area contributed by atoms with Crippen LogP contribution in [-0.2, 0) is 9.47 Å². The average Bonchev–Trinajstić information content (AvgIpc) is 2.35. The zero-order chi connectivity index (χ0) is 13.4. The lowest BCUT2D eigenvalue weighted by molar-refractivity contribution is 0.0811. The molecule has 0 unspecified atom stereocenters. The lowest BCUT2D eigenvalue weighted by atomic mass is 9.98. The molecule has 18 heavy (non-hydrogen) atoms. The molecule has 0 atom stereocenters. The molecule has 0 spiro atoms. The summed E-state index contributed by atoms with van der Waals surface area (Å²) in [4.78, 5) is 22.3. The van der Waals surface area contributed by atoms with Crippen molar-refractivity contribution in [3.63, 3.8) is 0 Å². The second-order valence-electron chi connectivity index (χ2n) is 4.81. The molecular formula is C12H20N2O4. The predicted octanol–water partition coefficient (Wildman–Crippen LogP) is 3.70. The number of azo groups is 1. The van der Waals surface area contributed by atoms with Gasteiger partial charge in [-0.3, -0.25) is 0 Å². The molecule has 2 amide bonds. The van der Waals surface area contributed by atoms with Crippen molar-refractivity contribution in [1.29, 1.82) is 0 Å². The molecule has 0 aliphatic heterocycles. The van der Waals surface area contributed by atoms with Gasteiger partial charge in [0.2, 0.25) is 0 Å². The minimum absolute atomic E-state index is 0.0862. The Morgan fingerprint density at radius 1 is 1.11 bits per heavy atom. The van der Waals surface area contributed by atoms with E-state index in [2.05, 4.69) is 10.2 Å². The van der Waals surface area contributed by atoms with E-state index in [1.807, 2.05) is 13.8 Å². The molecule has 1 aliphatic rings. The lowest BCUT2D eigenvalue weighted by Crippen LogP contribution is -2.19. The minimum Gasteiger partial charge on any atom is -0.447 e. The molecule has 0 aromatic heterocycles. The highest BCUT2D eigenvalue weighted by Gasteiger charge is 2.17. The van der Waals surface area contributed by atoms with E-state index in [0.717, 1.165) is 25.7 Å². The van der Waals surface area contributed by atoms with Crippen molar-refractivity contribution in [3.05, 3.63) is 0 Å². The molecule has 0 N–H and O–H groups in total. The third kappa shape index (κ3) is 6.32. The Labute approximate surface area is 107 Å². The highest BCUT2D eigenvalue weighted by atomic mass is 16.6. The van der Waals surface area contributed by atoms with Crippen LogP contribution >= 0.6 is 0 Å². The predicted molar refractivity (Wildman–Crippen MR) is 64.4 cm³/mol. The van der Waals surface area contributed by atoms with Crippen LogP contribution in [0.3, 0.4) is 0 Å². The third-order valence-electron chi connectivity index (χ3n) is 2.57. The zero-order valence-corrected chi connectivity index (χ0v) is 10.9. The second-order valence-corrected chi connectivity index (χ2v) is 4.81. The fourth-order valence-electron chi connectivity index (χ4n) is 1.70. The Hall–Kier alpha value is -1.46. The summed E-state index contributed by atoms with van der Waals surface area (Å²) in [5.41, 5.74) is 0. The zero-order valence-electron chi connectivity index (χ0n) is 10.9. The molecule has 1 aliphatic carbocycles. The Kier molecular flexibility index (Phi) is 6.32. The van der Waals surface area contributed by atoms with E-state index in [9.17, 15) is 9.59 Å². The molecule has 6 heteroatoms. The Morgan fingerprint density at radius 3 is 2.33 bits per heavy atom. The second kappa shape index (κ2) is 7.79. The van der Waals surface area contributed by atoms with Crippen molar-refractivity contribution < 1.29 is 19.1 Å². The summed E-state index contributed by atoms with van der Waals surface area (Å²) in [7, 11) is 0. The fraction of sp³-hybridized carbons (Fsp3) is 0.833. The number of carbonyl (C=O) groups excluding carboxylic acids is 2. The first kappa shape index (κ1) is 14.6. The number of hydrogen-bond acceptors (Lipinski definition) is 4. The molecule has 0 aromatic rings. The summed E-state index contributed by atoms with van der Waals surface area (Å²) >= 11 is 0. The quantitative estimate of drug-likeness (QED) is 0.721. The first-order valence-electron chi connectivity index (χ1n) is 6.37. The third-order valence-corrected chi connectivity index (χ3v) is 2.57. The first-order chi connectivity index (χ1) is 8.58. The van der Waals surface area contributed by atoms with Gasteiger partial charge in [0.05, 0.1) is 6.61 Å².